The second-order valence-corrected chi connectivity index (χ2v) is 3.37. The second-order valence-electron chi connectivity index (χ2n) is 3.37. The average Bonchev–Trinajstić information content (AvgIpc) is 2.04. The molecule has 0 heterocycles. The van der Waals surface area contributed by atoms with Gasteiger partial charge in [0.1, 0.15) is 0 Å². The lowest BCUT2D eigenvalue weighted by Crippen LogP contribution is -1.84. The Balaban J connectivity index is 2.90. The van der Waals surface area contributed by atoms with Gasteiger partial charge in [0.05, 0.1) is 5.70 Å². The SMILES string of the molecule is C=C(N=C(C)C)c1ccc(C)cc1. The number of rotatable bonds is 2. The fraction of sp³-hybridized carbons (Fsp3) is 0.250. The monoisotopic (exact) mass is 173 g/mol. The van der Waals surface area contributed by atoms with E-state index >= 15 is 0 Å². The van der Waals surface area contributed by atoms with Crippen molar-refractivity contribution < 1.29 is 0 Å². The molecular weight excluding hydrogens is 158 g/mol. The first-order valence-electron chi connectivity index (χ1n) is 4.37. The van der Waals surface area contributed by atoms with Crippen LogP contribution in [0, 0.1) is 6.92 Å². The van der Waals surface area contributed by atoms with E-state index in [1.165, 1.54) is 5.56 Å². The zero-order valence-electron chi connectivity index (χ0n) is 8.46. The summed E-state index contributed by atoms with van der Waals surface area (Å²) in [4.78, 5) is 4.30. The summed E-state index contributed by atoms with van der Waals surface area (Å²) < 4.78 is 0. The van der Waals surface area contributed by atoms with Gasteiger partial charge in [-0.05, 0) is 26.3 Å². The summed E-state index contributed by atoms with van der Waals surface area (Å²) in [5.74, 6) is 0. The van der Waals surface area contributed by atoms with Gasteiger partial charge in [0.2, 0.25) is 0 Å². The van der Waals surface area contributed by atoms with Gasteiger partial charge in [0, 0.05) is 5.71 Å². The molecule has 0 aliphatic rings. The van der Waals surface area contributed by atoms with Crippen molar-refractivity contribution in [3.8, 4) is 0 Å². The highest BCUT2D eigenvalue weighted by Gasteiger charge is 1.95. The van der Waals surface area contributed by atoms with Crippen LogP contribution in [0.1, 0.15) is 25.0 Å². The Morgan fingerprint density at radius 1 is 1.15 bits per heavy atom. The molecule has 1 heteroatoms. The minimum Gasteiger partial charge on any atom is -0.258 e. The number of aliphatic imine (C=N–C) groups is 1. The Morgan fingerprint density at radius 3 is 2.15 bits per heavy atom. The number of aryl methyl sites for hydroxylation is 1. The van der Waals surface area contributed by atoms with Crippen molar-refractivity contribution >= 4 is 11.4 Å². The third kappa shape index (κ3) is 2.86. The largest absolute Gasteiger partial charge is 0.258 e. The van der Waals surface area contributed by atoms with Crippen LogP contribution in [0.2, 0.25) is 0 Å². The number of nitrogens with zero attached hydrogens (tertiary/aromatic N) is 1. The molecule has 0 aromatic heterocycles. The first-order valence-corrected chi connectivity index (χ1v) is 4.37. The van der Waals surface area contributed by atoms with E-state index in [1.54, 1.807) is 0 Å². The van der Waals surface area contributed by atoms with Gasteiger partial charge < -0.3 is 0 Å². The van der Waals surface area contributed by atoms with Crippen molar-refractivity contribution in [3.05, 3.63) is 42.0 Å². The van der Waals surface area contributed by atoms with Crippen molar-refractivity contribution in [2.75, 3.05) is 0 Å². The van der Waals surface area contributed by atoms with E-state index in [1.807, 2.05) is 26.0 Å². The third-order valence-corrected chi connectivity index (χ3v) is 1.74. The van der Waals surface area contributed by atoms with E-state index in [0.29, 0.717) is 0 Å². The van der Waals surface area contributed by atoms with Crippen LogP contribution in [0.4, 0.5) is 0 Å². The molecule has 0 spiro atoms. The van der Waals surface area contributed by atoms with E-state index < -0.39 is 0 Å². The summed E-state index contributed by atoms with van der Waals surface area (Å²) in [5.41, 5.74) is 4.21. The predicted octanol–water partition coefficient (Wildman–Crippen LogP) is 3.45. The fourth-order valence-electron chi connectivity index (χ4n) is 1.08. The third-order valence-electron chi connectivity index (χ3n) is 1.74. The molecule has 0 unspecified atom stereocenters. The second kappa shape index (κ2) is 4.04. The van der Waals surface area contributed by atoms with Crippen LogP contribution in [-0.4, -0.2) is 5.71 Å². The first-order chi connectivity index (χ1) is 6.09. The molecule has 0 saturated carbocycles. The minimum absolute atomic E-state index is 0.833. The average molecular weight is 173 g/mol. The van der Waals surface area contributed by atoms with Gasteiger partial charge in [0.15, 0.2) is 0 Å². The van der Waals surface area contributed by atoms with Gasteiger partial charge >= 0.3 is 0 Å². The maximum Gasteiger partial charge on any atom is 0.0629 e. The summed E-state index contributed by atoms with van der Waals surface area (Å²) in [7, 11) is 0. The molecule has 1 aromatic rings. The molecule has 13 heavy (non-hydrogen) atoms. The van der Waals surface area contributed by atoms with Crippen molar-refractivity contribution in [1.82, 2.24) is 0 Å². The summed E-state index contributed by atoms with van der Waals surface area (Å²) >= 11 is 0. The molecule has 0 saturated heterocycles. The molecule has 0 radical (unpaired) electrons. The first kappa shape index (κ1) is 9.72. The predicted molar refractivity (Wildman–Crippen MR) is 59.0 cm³/mol. The van der Waals surface area contributed by atoms with Gasteiger partial charge in [-0.1, -0.05) is 36.4 Å². The lowest BCUT2D eigenvalue weighted by molar-refractivity contribution is 1.42. The zero-order valence-corrected chi connectivity index (χ0v) is 8.46. The number of benzene rings is 1. The van der Waals surface area contributed by atoms with Crippen LogP contribution in [0.5, 0.6) is 0 Å². The molecule has 1 aromatic carbocycles. The fourth-order valence-corrected chi connectivity index (χ4v) is 1.08. The van der Waals surface area contributed by atoms with Crippen LogP contribution < -0.4 is 0 Å². The van der Waals surface area contributed by atoms with Crippen molar-refractivity contribution in [3.63, 3.8) is 0 Å². The zero-order chi connectivity index (χ0) is 9.84. The van der Waals surface area contributed by atoms with E-state index in [-0.39, 0.29) is 0 Å². The molecule has 0 fully saturated rings. The molecule has 68 valence electrons. The Labute approximate surface area is 79.8 Å². The topological polar surface area (TPSA) is 12.4 Å². The normalized spacial score (nSPS) is 9.46. The van der Waals surface area contributed by atoms with Gasteiger partial charge in [-0.15, -0.1) is 0 Å². The Morgan fingerprint density at radius 2 is 1.69 bits per heavy atom. The number of hydrogen-bond donors (Lipinski definition) is 0. The molecule has 0 amide bonds. The molecule has 0 bridgehead atoms. The van der Waals surface area contributed by atoms with Crippen molar-refractivity contribution in [2.45, 2.75) is 20.8 Å². The van der Waals surface area contributed by atoms with E-state index in [2.05, 4.69) is 30.6 Å². The lowest BCUT2D eigenvalue weighted by atomic mass is 10.1. The Kier molecular flexibility index (Phi) is 3.02. The number of hydrogen-bond acceptors (Lipinski definition) is 1. The van der Waals surface area contributed by atoms with E-state index in [0.717, 1.165) is 17.0 Å². The molecular formula is C12H15N. The summed E-state index contributed by atoms with van der Waals surface area (Å²) in [6.45, 7) is 9.92. The highest BCUT2D eigenvalue weighted by molar-refractivity contribution is 5.85. The quantitative estimate of drug-likeness (QED) is 0.607. The highest BCUT2D eigenvalue weighted by Crippen LogP contribution is 2.14. The van der Waals surface area contributed by atoms with E-state index in [4.69, 9.17) is 0 Å². The maximum atomic E-state index is 4.30. The standard InChI is InChI=1S/C12H15N/c1-9(2)13-11(4)12-7-5-10(3)6-8-12/h5-8H,4H2,1-3H3. The Bertz CT molecular complexity index is 327. The van der Waals surface area contributed by atoms with Crippen LogP contribution in [0.3, 0.4) is 0 Å². The summed E-state index contributed by atoms with van der Waals surface area (Å²) in [6, 6.07) is 8.23. The van der Waals surface area contributed by atoms with Crippen LogP contribution in [-0.2, 0) is 0 Å². The summed E-state index contributed by atoms with van der Waals surface area (Å²) in [6.07, 6.45) is 0. The lowest BCUT2D eigenvalue weighted by Gasteiger charge is -2.01. The van der Waals surface area contributed by atoms with Crippen LogP contribution in [0.25, 0.3) is 5.70 Å². The van der Waals surface area contributed by atoms with Crippen LogP contribution in [0.15, 0.2) is 35.8 Å². The van der Waals surface area contributed by atoms with Gasteiger partial charge in [-0.3, -0.25) is 4.99 Å². The summed E-state index contributed by atoms with van der Waals surface area (Å²) in [5, 5.41) is 0. The minimum atomic E-state index is 0.833. The molecule has 1 rings (SSSR count). The molecule has 0 atom stereocenters. The highest BCUT2D eigenvalue weighted by atomic mass is 14.7. The molecule has 1 nitrogen and oxygen atoms in total. The van der Waals surface area contributed by atoms with Gasteiger partial charge in [0.25, 0.3) is 0 Å². The maximum absolute atomic E-state index is 4.30. The molecule has 0 aliphatic carbocycles. The van der Waals surface area contributed by atoms with Gasteiger partial charge in [-0.2, -0.15) is 0 Å². The molecule has 0 aliphatic heterocycles. The van der Waals surface area contributed by atoms with Crippen molar-refractivity contribution in [2.24, 2.45) is 4.99 Å². The van der Waals surface area contributed by atoms with Gasteiger partial charge in [-0.25, -0.2) is 0 Å². The van der Waals surface area contributed by atoms with Crippen LogP contribution >= 0.6 is 0 Å². The molecule has 0 N–H and O–H groups in total. The Hall–Kier alpha value is -1.37. The smallest absolute Gasteiger partial charge is 0.0629 e. The van der Waals surface area contributed by atoms with E-state index in [9.17, 15) is 0 Å². The van der Waals surface area contributed by atoms with Crippen molar-refractivity contribution in [1.29, 1.82) is 0 Å².